The van der Waals surface area contributed by atoms with E-state index < -0.39 is 32.5 Å². The molecule has 378 valence electrons. The average molecular weight is 925 g/mol. The molecule has 0 spiro atoms. The van der Waals surface area contributed by atoms with Gasteiger partial charge in [0, 0.05) is 12.8 Å². The summed E-state index contributed by atoms with van der Waals surface area (Å²) in [5.41, 5.74) is 0. The molecule has 0 aliphatic heterocycles. The van der Waals surface area contributed by atoms with Gasteiger partial charge in [0.15, 0.2) is 6.10 Å². The summed E-state index contributed by atoms with van der Waals surface area (Å²) in [6.45, 7) is 3.72. The van der Waals surface area contributed by atoms with Gasteiger partial charge in [-0.15, -0.1) is 0 Å². The van der Waals surface area contributed by atoms with Crippen molar-refractivity contribution in [1.29, 1.82) is 0 Å². The summed E-state index contributed by atoms with van der Waals surface area (Å²) in [5, 5.41) is 0. The van der Waals surface area contributed by atoms with Gasteiger partial charge in [0.2, 0.25) is 0 Å². The smallest absolute Gasteiger partial charge is 0.462 e. The highest BCUT2D eigenvalue weighted by atomic mass is 31.2. The lowest BCUT2D eigenvalue weighted by Gasteiger charge is -2.18. The highest BCUT2D eigenvalue weighted by molar-refractivity contribution is 7.46. The van der Waals surface area contributed by atoms with Crippen molar-refractivity contribution in [1.82, 2.24) is 0 Å². The Morgan fingerprint density at radius 2 is 0.688 bits per heavy atom. The predicted octanol–water partition coefficient (Wildman–Crippen LogP) is 17.9. The third kappa shape index (κ3) is 53.1. The Hall–Kier alpha value is -1.47. The topological polar surface area (TPSA) is 119 Å². The molecule has 0 heterocycles. The maximum absolute atomic E-state index is 12.5. The van der Waals surface area contributed by atoms with E-state index in [1.165, 1.54) is 218 Å². The van der Waals surface area contributed by atoms with Crippen LogP contribution in [0.15, 0.2) is 24.3 Å². The van der Waals surface area contributed by atoms with Gasteiger partial charge in [0.25, 0.3) is 0 Å². The number of phosphoric ester groups is 1. The fourth-order valence-corrected chi connectivity index (χ4v) is 8.70. The second-order valence-electron chi connectivity index (χ2n) is 18.9. The van der Waals surface area contributed by atoms with Crippen LogP contribution in [0.1, 0.15) is 296 Å². The summed E-state index contributed by atoms with van der Waals surface area (Å²) in [5.74, 6) is -0.916. The molecule has 0 radical (unpaired) electrons. The Balaban J connectivity index is 3.80. The fraction of sp³-hybridized carbons (Fsp3) is 0.891. The zero-order chi connectivity index (χ0) is 46.7. The summed E-state index contributed by atoms with van der Waals surface area (Å²) < 4.78 is 26.5. The fourth-order valence-electron chi connectivity index (χ4n) is 8.34. The van der Waals surface area contributed by atoms with E-state index in [4.69, 9.17) is 19.3 Å². The van der Waals surface area contributed by atoms with Crippen LogP contribution in [0.2, 0.25) is 0 Å². The number of carbonyl (C=O) groups excluding carboxylic acids is 2. The van der Waals surface area contributed by atoms with Gasteiger partial charge in [0.1, 0.15) is 6.61 Å². The quantitative estimate of drug-likeness (QED) is 0.0268. The van der Waals surface area contributed by atoms with Gasteiger partial charge < -0.3 is 19.3 Å². The largest absolute Gasteiger partial charge is 0.469 e. The first-order chi connectivity index (χ1) is 31.3. The number of rotatable bonds is 52. The van der Waals surface area contributed by atoms with Gasteiger partial charge in [0.05, 0.1) is 6.61 Å². The number of ether oxygens (including phenoxy) is 2. The van der Waals surface area contributed by atoms with Crippen molar-refractivity contribution in [3.8, 4) is 0 Å². The second-order valence-corrected chi connectivity index (χ2v) is 20.1. The minimum absolute atomic E-state index is 0.156. The van der Waals surface area contributed by atoms with Gasteiger partial charge in [-0.25, -0.2) is 4.57 Å². The molecule has 0 amide bonds. The Kier molecular flexibility index (Phi) is 49.8. The van der Waals surface area contributed by atoms with Crippen molar-refractivity contribution in [3.05, 3.63) is 24.3 Å². The van der Waals surface area contributed by atoms with Crippen LogP contribution in [-0.4, -0.2) is 41.0 Å². The zero-order valence-corrected chi connectivity index (χ0v) is 43.1. The molecule has 2 N–H and O–H groups in total. The van der Waals surface area contributed by atoms with E-state index in [0.29, 0.717) is 6.42 Å². The molecular weight excluding hydrogens is 820 g/mol. The Morgan fingerprint density at radius 1 is 0.391 bits per heavy atom. The molecule has 0 rings (SSSR count). The average Bonchev–Trinajstić information content (AvgIpc) is 3.27. The summed E-state index contributed by atoms with van der Waals surface area (Å²) in [6.07, 6.45) is 62.3. The standard InChI is InChI=1S/C55H105O8P/c1-3-5-7-9-11-13-15-17-19-21-23-25-27-29-31-33-35-37-39-41-43-45-47-49-54(56)61-51-53(52-62-64(58,59)60)63-55(57)50-48-46-44-42-40-38-36-34-32-30-28-26-24-22-20-18-16-14-12-10-8-6-4-2/h34,36,42,44,53H,3-33,35,37-41,43,45-52H2,1-2H3,(H2,58,59,60)/b36-34+,44-42+/t53-/m1/s1. The molecule has 64 heavy (non-hydrogen) atoms. The molecule has 0 aromatic heterocycles. The number of hydrogen-bond donors (Lipinski definition) is 2. The SMILES string of the molecule is CCCCCCCCCCCCCCCC/C=C/CC/C=C/CCCC(=O)O[C@H](COC(=O)CCCCCCCCCCCCCCCCCCCCCCCCC)COP(=O)(O)O. The van der Waals surface area contributed by atoms with Gasteiger partial charge in [-0.05, 0) is 44.9 Å². The van der Waals surface area contributed by atoms with E-state index in [2.05, 4.69) is 42.7 Å². The first-order valence-electron chi connectivity index (χ1n) is 27.6. The Labute approximate surface area is 396 Å². The maximum atomic E-state index is 12.5. The van der Waals surface area contributed by atoms with E-state index in [1.54, 1.807) is 0 Å². The van der Waals surface area contributed by atoms with Crippen LogP contribution < -0.4 is 0 Å². The van der Waals surface area contributed by atoms with Crippen LogP contribution in [0.5, 0.6) is 0 Å². The number of esters is 2. The molecule has 0 saturated heterocycles. The molecule has 0 aromatic rings. The van der Waals surface area contributed by atoms with Crippen molar-refractivity contribution in [2.24, 2.45) is 0 Å². The van der Waals surface area contributed by atoms with Crippen LogP contribution in [-0.2, 0) is 28.2 Å². The monoisotopic (exact) mass is 925 g/mol. The van der Waals surface area contributed by atoms with E-state index in [1.807, 2.05) is 0 Å². The van der Waals surface area contributed by atoms with Crippen LogP contribution in [0.4, 0.5) is 0 Å². The third-order valence-electron chi connectivity index (χ3n) is 12.5. The predicted molar refractivity (Wildman–Crippen MR) is 272 cm³/mol. The number of unbranched alkanes of at least 4 members (excludes halogenated alkanes) is 38. The van der Waals surface area contributed by atoms with Gasteiger partial charge in [-0.1, -0.05) is 263 Å². The van der Waals surface area contributed by atoms with E-state index in [0.717, 1.165) is 44.9 Å². The molecule has 9 heteroatoms. The van der Waals surface area contributed by atoms with E-state index in [9.17, 15) is 14.2 Å². The molecule has 0 aromatic carbocycles. The van der Waals surface area contributed by atoms with Gasteiger partial charge >= 0.3 is 19.8 Å². The molecule has 8 nitrogen and oxygen atoms in total. The summed E-state index contributed by atoms with van der Waals surface area (Å²) in [4.78, 5) is 43.1. The van der Waals surface area contributed by atoms with Crippen molar-refractivity contribution in [2.75, 3.05) is 13.2 Å². The third-order valence-corrected chi connectivity index (χ3v) is 12.9. The molecule has 0 bridgehead atoms. The van der Waals surface area contributed by atoms with Crippen LogP contribution in [0.3, 0.4) is 0 Å². The van der Waals surface area contributed by atoms with Gasteiger partial charge in [-0.3, -0.25) is 14.1 Å². The van der Waals surface area contributed by atoms with Crippen molar-refractivity contribution in [3.63, 3.8) is 0 Å². The van der Waals surface area contributed by atoms with Crippen molar-refractivity contribution >= 4 is 19.8 Å². The number of hydrogen-bond acceptors (Lipinski definition) is 6. The normalized spacial score (nSPS) is 12.5. The molecule has 0 saturated carbocycles. The zero-order valence-electron chi connectivity index (χ0n) is 42.2. The van der Waals surface area contributed by atoms with E-state index in [-0.39, 0.29) is 19.4 Å². The second kappa shape index (κ2) is 50.9. The lowest BCUT2D eigenvalue weighted by Crippen LogP contribution is -2.29. The maximum Gasteiger partial charge on any atom is 0.469 e. The first kappa shape index (κ1) is 62.5. The highest BCUT2D eigenvalue weighted by Crippen LogP contribution is 2.36. The minimum Gasteiger partial charge on any atom is -0.462 e. The summed E-state index contributed by atoms with van der Waals surface area (Å²) >= 11 is 0. The Bertz CT molecular complexity index is 1090. The van der Waals surface area contributed by atoms with Gasteiger partial charge in [-0.2, -0.15) is 0 Å². The summed E-state index contributed by atoms with van der Waals surface area (Å²) in [7, 11) is -4.77. The highest BCUT2D eigenvalue weighted by Gasteiger charge is 2.23. The number of phosphoric acid groups is 1. The number of allylic oxidation sites excluding steroid dienone is 4. The minimum atomic E-state index is -4.77. The molecule has 0 aliphatic carbocycles. The molecule has 0 unspecified atom stereocenters. The van der Waals surface area contributed by atoms with Crippen LogP contribution in [0, 0.1) is 0 Å². The molecule has 1 atom stereocenters. The lowest BCUT2D eigenvalue weighted by atomic mass is 10.0. The first-order valence-corrected chi connectivity index (χ1v) is 29.2. The molecular formula is C55H105O8P. The Morgan fingerprint density at radius 3 is 1.05 bits per heavy atom. The molecule has 0 fully saturated rings. The van der Waals surface area contributed by atoms with Crippen molar-refractivity contribution in [2.45, 2.75) is 302 Å². The lowest BCUT2D eigenvalue weighted by molar-refractivity contribution is -0.161. The van der Waals surface area contributed by atoms with Crippen LogP contribution in [0.25, 0.3) is 0 Å². The summed E-state index contributed by atoms with van der Waals surface area (Å²) in [6, 6.07) is 0. The van der Waals surface area contributed by atoms with E-state index >= 15 is 0 Å². The van der Waals surface area contributed by atoms with Crippen LogP contribution >= 0.6 is 7.82 Å². The molecule has 0 aliphatic rings. The number of carbonyl (C=O) groups is 2. The van der Waals surface area contributed by atoms with Crippen molar-refractivity contribution < 1.29 is 37.9 Å².